The van der Waals surface area contributed by atoms with E-state index in [1.165, 1.54) is 0 Å². The highest BCUT2D eigenvalue weighted by molar-refractivity contribution is 14.1. The lowest BCUT2D eigenvalue weighted by atomic mass is 10.4. The summed E-state index contributed by atoms with van der Waals surface area (Å²) >= 11 is 1.80. The predicted octanol–water partition coefficient (Wildman–Crippen LogP) is 0.399. The number of carboxylic acid groups (broad SMARTS) is 1. The molecule has 0 saturated heterocycles. The van der Waals surface area contributed by atoms with E-state index in [1.54, 1.807) is 29.8 Å². The zero-order valence-electron chi connectivity index (χ0n) is 3.81. The largest absolute Gasteiger partial charge is 0.480 e. The normalized spacial score (nSPS) is 13.4. The summed E-state index contributed by atoms with van der Waals surface area (Å²) in [6.45, 7) is 1.58. The molecule has 0 aliphatic carbocycles. The van der Waals surface area contributed by atoms with Crippen LogP contribution in [0.2, 0.25) is 0 Å². The quantitative estimate of drug-likeness (QED) is 0.517. The summed E-state index contributed by atoms with van der Waals surface area (Å²) in [4.78, 5) is 9.86. The van der Waals surface area contributed by atoms with E-state index in [0.29, 0.717) is 0 Å². The average molecular weight is 215 g/mol. The summed E-state index contributed by atoms with van der Waals surface area (Å²) in [5, 5.41) is 8.11. The molecule has 0 rings (SSSR count). The molecule has 0 radical (unpaired) electrons. The van der Waals surface area contributed by atoms with Gasteiger partial charge in [-0.05, 0) is 6.92 Å². The second-order valence-electron chi connectivity index (χ2n) is 1.17. The van der Waals surface area contributed by atoms with E-state index in [2.05, 4.69) is 3.53 Å². The minimum Gasteiger partial charge on any atom is -0.480 e. The van der Waals surface area contributed by atoms with Crippen molar-refractivity contribution in [3.63, 3.8) is 0 Å². The molecule has 0 bridgehead atoms. The molecule has 0 heterocycles. The molecule has 1 atom stereocenters. The van der Waals surface area contributed by atoms with Gasteiger partial charge in [0.15, 0.2) is 0 Å². The monoisotopic (exact) mass is 215 g/mol. The Bertz CT molecular complexity index is 75.3. The summed E-state index contributed by atoms with van der Waals surface area (Å²) < 4.78 is 2.53. The number of rotatable bonds is 2. The smallest absolute Gasteiger partial charge is 0.321 e. The van der Waals surface area contributed by atoms with E-state index >= 15 is 0 Å². The van der Waals surface area contributed by atoms with Crippen LogP contribution in [-0.4, -0.2) is 17.1 Å². The first kappa shape index (κ1) is 7.16. The van der Waals surface area contributed by atoms with Gasteiger partial charge in [-0.1, -0.05) is 0 Å². The van der Waals surface area contributed by atoms with Crippen molar-refractivity contribution in [3.8, 4) is 0 Å². The minimum atomic E-state index is -0.825. The molecule has 0 aromatic rings. The summed E-state index contributed by atoms with van der Waals surface area (Å²) in [5.41, 5.74) is 0. The molecule has 3 nitrogen and oxygen atoms in total. The summed E-state index contributed by atoms with van der Waals surface area (Å²) in [7, 11) is 0. The third-order valence-electron chi connectivity index (χ3n) is 0.534. The third kappa shape index (κ3) is 2.81. The summed E-state index contributed by atoms with van der Waals surface area (Å²) in [6, 6.07) is -0.444. The van der Waals surface area contributed by atoms with Gasteiger partial charge in [0.2, 0.25) is 0 Å². The molecule has 4 heteroatoms. The predicted molar refractivity (Wildman–Crippen MR) is 34.3 cm³/mol. The lowest BCUT2D eigenvalue weighted by Crippen LogP contribution is -2.25. The number of hydrogen-bond donors (Lipinski definition) is 2. The van der Waals surface area contributed by atoms with Gasteiger partial charge in [-0.15, -0.1) is 0 Å². The first-order valence-corrected chi connectivity index (χ1v) is 2.85. The maximum absolute atomic E-state index is 9.86. The number of carboxylic acids is 1. The molecule has 7 heavy (non-hydrogen) atoms. The molecule has 0 aromatic carbocycles. The van der Waals surface area contributed by atoms with Crippen LogP contribution in [0, 0.1) is 0 Å². The first-order chi connectivity index (χ1) is 3.18. The molecule has 0 amide bonds. The highest BCUT2D eigenvalue weighted by Crippen LogP contribution is 1.82. The molecule has 0 aliphatic heterocycles. The zero-order chi connectivity index (χ0) is 5.86. The Morgan fingerprint density at radius 3 is 2.43 bits per heavy atom. The van der Waals surface area contributed by atoms with Crippen LogP contribution in [0.15, 0.2) is 0 Å². The number of halogens is 1. The number of hydrogen-bond acceptors (Lipinski definition) is 2. The fourth-order valence-corrected chi connectivity index (χ4v) is 0.313. The Balaban J connectivity index is 3.34. The van der Waals surface area contributed by atoms with E-state index in [4.69, 9.17) is 5.11 Å². The standard InChI is InChI=1S/C3H6INO2/c1-2(5-4)3(6)7/h2,5H,1H3,(H,6,7)/t2-/m1/s1. The molecular formula is C3H6INO2. The van der Waals surface area contributed by atoms with Crippen LogP contribution in [0.25, 0.3) is 0 Å². The second kappa shape index (κ2) is 3.20. The van der Waals surface area contributed by atoms with Crippen molar-refractivity contribution in [3.05, 3.63) is 0 Å². The van der Waals surface area contributed by atoms with E-state index in [-0.39, 0.29) is 0 Å². The molecule has 0 saturated carbocycles. The Morgan fingerprint density at radius 2 is 2.43 bits per heavy atom. The molecule has 0 unspecified atom stereocenters. The van der Waals surface area contributed by atoms with Crippen LogP contribution in [0.5, 0.6) is 0 Å². The Hall–Kier alpha value is 0.160. The molecule has 42 valence electrons. The van der Waals surface area contributed by atoms with Crippen molar-refractivity contribution < 1.29 is 9.90 Å². The van der Waals surface area contributed by atoms with E-state index < -0.39 is 12.0 Å². The van der Waals surface area contributed by atoms with E-state index in [1.807, 2.05) is 0 Å². The van der Waals surface area contributed by atoms with Crippen LogP contribution in [0.4, 0.5) is 0 Å². The van der Waals surface area contributed by atoms with Gasteiger partial charge in [-0.2, -0.15) is 0 Å². The van der Waals surface area contributed by atoms with Crippen molar-refractivity contribution in [1.29, 1.82) is 0 Å². The Morgan fingerprint density at radius 1 is 2.00 bits per heavy atom. The second-order valence-corrected chi connectivity index (χ2v) is 1.79. The van der Waals surface area contributed by atoms with Crippen molar-refractivity contribution in [2.45, 2.75) is 13.0 Å². The first-order valence-electron chi connectivity index (χ1n) is 1.77. The van der Waals surface area contributed by atoms with E-state index in [0.717, 1.165) is 0 Å². The van der Waals surface area contributed by atoms with Gasteiger partial charge in [0.1, 0.15) is 6.04 Å². The SMILES string of the molecule is C[C@@H](NI)C(=O)O. The fraction of sp³-hybridized carbons (Fsp3) is 0.667. The number of carbonyl (C=O) groups is 1. The van der Waals surface area contributed by atoms with Crippen LogP contribution < -0.4 is 3.53 Å². The van der Waals surface area contributed by atoms with Gasteiger partial charge >= 0.3 is 5.97 Å². The van der Waals surface area contributed by atoms with Gasteiger partial charge in [0.05, 0.1) is 0 Å². The number of aliphatic carboxylic acids is 1. The van der Waals surface area contributed by atoms with Crippen LogP contribution in [-0.2, 0) is 4.79 Å². The maximum atomic E-state index is 9.86. The number of nitrogens with one attached hydrogen (secondary N) is 1. The summed E-state index contributed by atoms with van der Waals surface area (Å²) in [6.07, 6.45) is 0. The molecule has 0 fully saturated rings. The third-order valence-corrected chi connectivity index (χ3v) is 1.47. The maximum Gasteiger partial charge on any atom is 0.321 e. The molecule has 0 aliphatic rings. The van der Waals surface area contributed by atoms with Gasteiger partial charge in [-0.25, -0.2) is 3.53 Å². The zero-order valence-corrected chi connectivity index (χ0v) is 5.97. The summed E-state index contributed by atoms with van der Waals surface area (Å²) in [5.74, 6) is -0.825. The van der Waals surface area contributed by atoms with Gasteiger partial charge in [-0.3, -0.25) is 4.79 Å². The molecule has 2 N–H and O–H groups in total. The van der Waals surface area contributed by atoms with Crippen molar-refractivity contribution in [2.24, 2.45) is 0 Å². The van der Waals surface area contributed by atoms with Crippen molar-refractivity contribution >= 4 is 28.8 Å². The molecule has 0 spiro atoms. The van der Waals surface area contributed by atoms with Crippen LogP contribution in [0.1, 0.15) is 6.92 Å². The molecule has 0 aromatic heterocycles. The van der Waals surface area contributed by atoms with E-state index in [9.17, 15) is 4.79 Å². The van der Waals surface area contributed by atoms with Crippen molar-refractivity contribution in [1.82, 2.24) is 3.53 Å². The van der Waals surface area contributed by atoms with Gasteiger partial charge in [0, 0.05) is 22.9 Å². The minimum absolute atomic E-state index is 0.444. The lowest BCUT2D eigenvalue weighted by Gasteiger charge is -1.97. The highest BCUT2D eigenvalue weighted by Gasteiger charge is 2.05. The highest BCUT2D eigenvalue weighted by atomic mass is 127. The Kier molecular flexibility index (Phi) is 3.27. The Labute approximate surface area is 55.6 Å². The fourth-order valence-electron chi connectivity index (χ4n) is 0.0467. The van der Waals surface area contributed by atoms with Gasteiger partial charge < -0.3 is 5.11 Å². The van der Waals surface area contributed by atoms with Crippen LogP contribution in [0.3, 0.4) is 0 Å². The van der Waals surface area contributed by atoms with Crippen molar-refractivity contribution in [2.75, 3.05) is 0 Å². The molecular weight excluding hydrogens is 209 g/mol. The van der Waals surface area contributed by atoms with Gasteiger partial charge in [0.25, 0.3) is 0 Å². The topological polar surface area (TPSA) is 49.3 Å². The average Bonchev–Trinajstić information content (AvgIpc) is 1.65. The van der Waals surface area contributed by atoms with Crippen LogP contribution >= 0.6 is 22.9 Å². The lowest BCUT2D eigenvalue weighted by molar-refractivity contribution is -0.138.